The molecule has 19 heavy (non-hydrogen) atoms. The summed E-state index contributed by atoms with van der Waals surface area (Å²) in [5.41, 5.74) is 0.674. The Bertz CT molecular complexity index is 428. The number of methoxy groups -OCH3 is 1. The van der Waals surface area contributed by atoms with E-state index in [-0.39, 0.29) is 5.91 Å². The number of benzene rings is 1. The third-order valence-corrected chi connectivity index (χ3v) is 3.55. The van der Waals surface area contributed by atoms with Crippen LogP contribution in [0.3, 0.4) is 0 Å². The van der Waals surface area contributed by atoms with Crippen LogP contribution in [-0.2, 0) is 4.84 Å². The molecule has 1 saturated heterocycles. The van der Waals surface area contributed by atoms with Crippen LogP contribution in [0.5, 0.6) is 5.75 Å². The maximum Gasteiger partial charge on any atom is 0.253 e. The van der Waals surface area contributed by atoms with Gasteiger partial charge in [-0.3, -0.25) is 4.79 Å². The number of piperidine rings is 1. The van der Waals surface area contributed by atoms with Crippen molar-refractivity contribution in [3.8, 4) is 5.75 Å². The van der Waals surface area contributed by atoms with E-state index in [1.165, 1.54) is 0 Å². The zero-order valence-electron chi connectivity index (χ0n) is 11.2. The van der Waals surface area contributed by atoms with Crippen molar-refractivity contribution in [1.82, 2.24) is 4.90 Å². The molecule has 1 fully saturated rings. The summed E-state index contributed by atoms with van der Waals surface area (Å²) in [5, 5.41) is 0. The Morgan fingerprint density at radius 1 is 1.42 bits per heavy atom. The minimum Gasteiger partial charge on any atom is -0.497 e. The van der Waals surface area contributed by atoms with Gasteiger partial charge in [0, 0.05) is 18.7 Å². The van der Waals surface area contributed by atoms with Crippen LogP contribution in [-0.4, -0.2) is 37.6 Å². The Kier molecular flexibility index (Phi) is 4.76. The Morgan fingerprint density at radius 3 is 2.79 bits per heavy atom. The van der Waals surface area contributed by atoms with Gasteiger partial charge >= 0.3 is 0 Å². The number of nitrogens with zero attached hydrogens (tertiary/aromatic N) is 1. The minimum absolute atomic E-state index is 0.0611. The zero-order chi connectivity index (χ0) is 13.7. The van der Waals surface area contributed by atoms with Crippen molar-refractivity contribution in [1.29, 1.82) is 0 Å². The Hall–Kier alpha value is -1.59. The predicted molar refractivity (Wildman–Crippen MR) is 71.8 cm³/mol. The Labute approximate surface area is 113 Å². The minimum atomic E-state index is 0.0611. The molecule has 0 spiro atoms. The molecular formula is C14H20N2O3. The van der Waals surface area contributed by atoms with Crippen LogP contribution in [0.15, 0.2) is 24.3 Å². The van der Waals surface area contributed by atoms with Crippen molar-refractivity contribution in [2.75, 3.05) is 26.8 Å². The SMILES string of the molecule is COc1cccc(C(=O)N2CCC(CON)CC2)c1. The molecule has 2 N–H and O–H groups in total. The summed E-state index contributed by atoms with van der Waals surface area (Å²) < 4.78 is 5.14. The van der Waals surface area contributed by atoms with Gasteiger partial charge < -0.3 is 14.5 Å². The number of likely N-dealkylation sites (tertiary alicyclic amines) is 1. The molecule has 0 aromatic heterocycles. The second kappa shape index (κ2) is 6.54. The molecule has 0 bridgehead atoms. The third kappa shape index (κ3) is 3.45. The summed E-state index contributed by atoms with van der Waals surface area (Å²) in [6.45, 7) is 2.08. The van der Waals surface area contributed by atoms with Gasteiger partial charge in [-0.15, -0.1) is 0 Å². The molecule has 0 saturated carbocycles. The van der Waals surface area contributed by atoms with Crippen LogP contribution < -0.4 is 10.6 Å². The van der Waals surface area contributed by atoms with Crippen molar-refractivity contribution < 1.29 is 14.4 Å². The van der Waals surface area contributed by atoms with E-state index in [1.807, 2.05) is 23.1 Å². The number of ether oxygens (including phenoxy) is 1. The monoisotopic (exact) mass is 264 g/mol. The lowest BCUT2D eigenvalue weighted by Crippen LogP contribution is -2.39. The van der Waals surface area contributed by atoms with E-state index in [0.717, 1.165) is 25.9 Å². The van der Waals surface area contributed by atoms with Crippen molar-refractivity contribution in [2.45, 2.75) is 12.8 Å². The van der Waals surface area contributed by atoms with Crippen molar-refractivity contribution in [3.05, 3.63) is 29.8 Å². The van der Waals surface area contributed by atoms with Crippen LogP contribution in [0.2, 0.25) is 0 Å². The number of amides is 1. The van der Waals surface area contributed by atoms with Crippen LogP contribution in [0, 0.1) is 5.92 Å². The van der Waals surface area contributed by atoms with E-state index in [9.17, 15) is 4.79 Å². The summed E-state index contributed by atoms with van der Waals surface area (Å²) in [6, 6.07) is 7.26. The molecule has 5 heteroatoms. The lowest BCUT2D eigenvalue weighted by molar-refractivity contribution is 0.0525. The maximum absolute atomic E-state index is 12.3. The van der Waals surface area contributed by atoms with Crippen LogP contribution in [0.25, 0.3) is 0 Å². The van der Waals surface area contributed by atoms with Crippen LogP contribution in [0.4, 0.5) is 0 Å². The van der Waals surface area contributed by atoms with E-state index < -0.39 is 0 Å². The molecule has 2 rings (SSSR count). The molecule has 5 nitrogen and oxygen atoms in total. The summed E-state index contributed by atoms with van der Waals surface area (Å²) in [5.74, 6) is 6.31. The van der Waals surface area contributed by atoms with E-state index in [2.05, 4.69) is 4.84 Å². The number of nitrogens with two attached hydrogens (primary N) is 1. The second-order valence-electron chi connectivity index (χ2n) is 4.80. The average Bonchev–Trinajstić information content (AvgIpc) is 2.48. The van der Waals surface area contributed by atoms with Gasteiger partial charge in [-0.05, 0) is 37.0 Å². The van der Waals surface area contributed by atoms with E-state index in [1.54, 1.807) is 13.2 Å². The highest BCUT2D eigenvalue weighted by Gasteiger charge is 2.23. The van der Waals surface area contributed by atoms with Gasteiger partial charge in [0.05, 0.1) is 13.7 Å². The molecule has 1 aliphatic heterocycles. The largest absolute Gasteiger partial charge is 0.497 e. The highest BCUT2D eigenvalue weighted by molar-refractivity contribution is 5.94. The highest BCUT2D eigenvalue weighted by Crippen LogP contribution is 2.20. The van der Waals surface area contributed by atoms with Gasteiger partial charge in [0.2, 0.25) is 0 Å². The van der Waals surface area contributed by atoms with Gasteiger partial charge in [0.15, 0.2) is 0 Å². The standard InChI is InChI=1S/C14H20N2O3/c1-18-13-4-2-3-12(9-13)14(17)16-7-5-11(6-8-16)10-19-15/h2-4,9,11H,5-8,10,15H2,1H3. The van der Waals surface area contributed by atoms with Crippen molar-refractivity contribution >= 4 is 5.91 Å². The quantitative estimate of drug-likeness (QED) is 0.836. The predicted octanol–water partition coefficient (Wildman–Crippen LogP) is 1.44. The molecule has 0 aliphatic carbocycles. The van der Waals surface area contributed by atoms with Gasteiger partial charge in [0.1, 0.15) is 5.75 Å². The number of hydrogen-bond acceptors (Lipinski definition) is 4. The van der Waals surface area contributed by atoms with E-state index in [4.69, 9.17) is 10.6 Å². The van der Waals surface area contributed by atoms with Crippen molar-refractivity contribution in [3.63, 3.8) is 0 Å². The maximum atomic E-state index is 12.3. The first-order valence-electron chi connectivity index (χ1n) is 6.49. The topological polar surface area (TPSA) is 64.8 Å². The Morgan fingerprint density at radius 2 is 2.16 bits per heavy atom. The molecule has 1 aliphatic rings. The first-order valence-corrected chi connectivity index (χ1v) is 6.49. The smallest absolute Gasteiger partial charge is 0.253 e. The Balaban J connectivity index is 1.97. The average molecular weight is 264 g/mol. The van der Waals surface area contributed by atoms with Gasteiger partial charge in [0.25, 0.3) is 5.91 Å². The molecule has 0 unspecified atom stereocenters. The van der Waals surface area contributed by atoms with E-state index in [0.29, 0.717) is 23.8 Å². The second-order valence-corrected chi connectivity index (χ2v) is 4.80. The van der Waals surface area contributed by atoms with Gasteiger partial charge in [-0.1, -0.05) is 6.07 Å². The molecule has 0 atom stereocenters. The number of hydrogen-bond donors (Lipinski definition) is 1. The molecule has 1 aromatic rings. The number of carbonyl (C=O) groups is 1. The molecule has 1 aromatic carbocycles. The lowest BCUT2D eigenvalue weighted by Gasteiger charge is -2.31. The summed E-state index contributed by atoms with van der Waals surface area (Å²) in [7, 11) is 1.60. The normalized spacial score (nSPS) is 16.4. The zero-order valence-corrected chi connectivity index (χ0v) is 11.2. The van der Waals surface area contributed by atoms with Crippen LogP contribution in [0.1, 0.15) is 23.2 Å². The summed E-state index contributed by atoms with van der Waals surface area (Å²) in [6.07, 6.45) is 1.87. The fourth-order valence-electron chi connectivity index (χ4n) is 2.38. The fraction of sp³-hybridized carbons (Fsp3) is 0.500. The molecule has 1 amide bonds. The molecule has 1 heterocycles. The highest BCUT2D eigenvalue weighted by atomic mass is 16.6. The fourth-order valence-corrected chi connectivity index (χ4v) is 2.38. The first-order chi connectivity index (χ1) is 9.24. The molecular weight excluding hydrogens is 244 g/mol. The number of rotatable bonds is 4. The third-order valence-electron chi connectivity index (χ3n) is 3.55. The molecule has 0 radical (unpaired) electrons. The van der Waals surface area contributed by atoms with Crippen LogP contribution >= 0.6 is 0 Å². The lowest BCUT2D eigenvalue weighted by atomic mass is 9.97. The first kappa shape index (κ1) is 13.8. The molecule has 104 valence electrons. The van der Waals surface area contributed by atoms with E-state index >= 15 is 0 Å². The van der Waals surface area contributed by atoms with Gasteiger partial charge in [-0.25, -0.2) is 5.90 Å². The van der Waals surface area contributed by atoms with Gasteiger partial charge in [-0.2, -0.15) is 0 Å². The summed E-state index contributed by atoms with van der Waals surface area (Å²) in [4.78, 5) is 18.9. The van der Waals surface area contributed by atoms with Crippen molar-refractivity contribution in [2.24, 2.45) is 11.8 Å². The number of carbonyl (C=O) groups excluding carboxylic acids is 1. The summed E-state index contributed by atoms with van der Waals surface area (Å²) >= 11 is 0.